The second-order valence-electron chi connectivity index (χ2n) is 13.2. The lowest BCUT2D eigenvalue weighted by Crippen LogP contribution is -2.50. The maximum absolute atomic E-state index is 10.9. The van der Waals surface area contributed by atoms with Gasteiger partial charge in [0.2, 0.25) is 0 Å². The Bertz CT molecular complexity index is 598. The van der Waals surface area contributed by atoms with Crippen LogP contribution in [0.4, 0.5) is 0 Å². The molecule has 0 aliphatic heterocycles. The summed E-state index contributed by atoms with van der Waals surface area (Å²) in [5.74, 6) is 3.27. The summed E-state index contributed by atoms with van der Waals surface area (Å²) in [5, 5.41) is 11.2. The standard InChI is InChI=1S/C24H52O3Si3/c1-19(18-26-29(12,13)23(3,4)5)22(27-30(14,15)24(6,7)8)20(2)21(25)16-17-28(9,10)11/h19-22,25H,18H2,1-15H3/t19-,20+,21+,22-/m0/s1. The average Bonchev–Trinajstić information content (AvgIpc) is 2.52. The first kappa shape index (κ1) is 30.1. The van der Waals surface area contributed by atoms with Gasteiger partial charge in [-0.25, -0.2) is 0 Å². The summed E-state index contributed by atoms with van der Waals surface area (Å²) < 4.78 is 13.4. The lowest BCUT2D eigenvalue weighted by Gasteiger charge is -2.44. The van der Waals surface area contributed by atoms with Gasteiger partial charge in [-0.05, 0) is 36.3 Å². The highest BCUT2D eigenvalue weighted by Gasteiger charge is 2.43. The van der Waals surface area contributed by atoms with Gasteiger partial charge in [0.25, 0.3) is 0 Å². The van der Waals surface area contributed by atoms with Gasteiger partial charge >= 0.3 is 0 Å². The summed E-state index contributed by atoms with van der Waals surface area (Å²) in [6, 6.07) is 0. The second kappa shape index (κ2) is 10.4. The monoisotopic (exact) mass is 472 g/mol. The molecule has 3 nitrogen and oxygen atoms in total. The number of hydrogen-bond donors (Lipinski definition) is 1. The van der Waals surface area contributed by atoms with Crippen molar-refractivity contribution in [3.05, 3.63) is 0 Å². The predicted molar refractivity (Wildman–Crippen MR) is 141 cm³/mol. The highest BCUT2D eigenvalue weighted by atomic mass is 28.4. The molecular formula is C24H52O3Si3. The van der Waals surface area contributed by atoms with Crippen LogP contribution in [-0.4, -0.2) is 48.6 Å². The Balaban J connectivity index is 5.75. The molecule has 0 unspecified atom stereocenters. The predicted octanol–water partition coefficient (Wildman–Crippen LogP) is 6.91. The van der Waals surface area contributed by atoms with Crippen LogP contribution in [0, 0.1) is 23.3 Å². The fraction of sp³-hybridized carbons (Fsp3) is 0.917. The van der Waals surface area contributed by atoms with E-state index in [1.54, 1.807) is 0 Å². The lowest BCUT2D eigenvalue weighted by atomic mass is 9.90. The van der Waals surface area contributed by atoms with E-state index >= 15 is 0 Å². The smallest absolute Gasteiger partial charge is 0.192 e. The Kier molecular flexibility index (Phi) is 10.4. The highest BCUT2D eigenvalue weighted by molar-refractivity contribution is 6.83. The Morgan fingerprint density at radius 3 is 1.60 bits per heavy atom. The van der Waals surface area contributed by atoms with Gasteiger partial charge in [-0.2, -0.15) is 0 Å². The minimum atomic E-state index is -2.01. The van der Waals surface area contributed by atoms with Crippen molar-refractivity contribution in [3.8, 4) is 11.5 Å². The van der Waals surface area contributed by atoms with E-state index in [-0.39, 0.29) is 28.0 Å². The summed E-state index contributed by atoms with van der Waals surface area (Å²) in [7, 11) is -5.38. The van der Waals surface area contributed by atoms with Crippen LogP contribution in [-0.2, 0) is 8.85 Å². The van der Waals surface area contributed by atoms with E-state index in [1.807, 2.05) is 0 Å². The van der Waals surface area contributed by atoms with E-state index in [0.29, 0.717) is 6.61 Å². The van der Waals surface area contributed by atoms with Crippen molar-refractivity contribution in [2.45, 2.75) is 124 Å². The van der Waals surface area contributed by atoms with Crippen LogP contribution >= 0.6 is 0 Å². The zero-order valence-corrected chi connectivity index (χ0v) is 25.8. The molecule has 0 radical (unpaired) electrons. The molecule has 30 heavy (non-hydrogen) atoms. The third-order valence-corrected chi connectivity index (χ3v) is 16.8. The molecule has 0 aromatic carbocycles. The average molecular weight is 473 g/mol. The number of aliphatic hydroxyl groups is 1. The Labute approximate surface area is 192 Å². The van der Waals surface area contributed by atoms with Crippen LogP contribution in [0.1, 0.15) is 55.4 Å². The molecule has 0 aromatic rings. The van der Waals surface area contributed by atoms with Crippen LogP contribution in [0.25, 0.3) is 0 Å². The van der Waals surface area contributed by atoms with Crippen molar-refractivity contribution >= 4 is 24.7 Å². The molecule has 0 saturated carbocycles. The number of hydrogen-bond acceptors (Lipinski definition) is 3. The van der Waals surface area contributed by atoms with Gasteiger partial charge in [-0.1, -0.05) is 81.0 Å². The molecular weight excluding hydrogens is 421 g/mol. The number of rotatable bonds is 8. The van der Waals surface area contributed by atoms with Gasteiger partial charge < -0.3 is 14.0 Å². The summed E-state index contributed by atoms with van der Waals surface area (Å²) in [6.07, 6.45) is -0.761. The van der Waals surface area contributed by atoms with Gasteiger partial charge in [0.05, 0.1) is 6.10 Å². The van der Waals surface area contributed by atoms with Crippen LogP contribution in [0.5, 0.6) is 0 Å². The van der Waals surface area contributed by atoms with Gasteiger partial charge in [-0.15, -0.1) is 5.54 Å². The zero-order chi connectivity index (χ0) is 24.3. The summed E-state index contributed by atoms with van der Waals surface area (Å²) >= 11 is 0. The van der Waals surface area contributed by atoms with Gasteiger partial charge in [-0.3, -0.25) is 0 Å². The minimum Gasteiger partial charge on any atom is -0.416 e. The highest BCUT2D eigenvalue weighted by Crippen LogP contribution is 2.40. The molecule has 0 aliphatic carbocycles. The van der Waals surface area contributed by atoms with Crippen molar-refractivity contribution in [1.82, 2.24) is 0 Å². The first-order valence-corrected chi connectivity index (χ1v) is 20.9. The van der Waals surface area contributed by atoms with E-state index < -0.39 is 30.8 Å². The van der Waals surface area contributed by atoms with Crippen molar-refractivity contribution in [2.24, 2.45) is 11.8 Å². The quantitative estimate of drug-likeness (QED) is 0.308. The summed E-state index contributed by atoms with van der Waals surface area (Å²) in [5.41, 5.74) is 3.34. The summed E-state index contributed by atoms with van der Waals surface area (Å²) in [4.78, 5) is 0. The fourth-order valence-corrected chi connectivity index (χ4v) is 5.69. The van der Waals surface area contributed by atoms with Crippen LogP contribution in [0.2, 0.25) is 55.9 Å². The molecule has 0 bridgehead atoms. The number of aliphatic hydroxyl groups excluding tert-OH is 1. The maximum atomic E-state index is 10.9. The van der Waals surface area contributed by atoms with E-state index in [1.165, 1.54) is 0 Å². The fourth-order valence-electron chi connectivity index (χ4n) is 2.51. The molecule has 6 heteroatoms. The van der Waals surface area contributed by atoms with Crippen molar-refractivity contribution < 1.29 is 14.0 Å². The first-order chi connectivity index (χ1) is 13.0. The van der Waals surface area contributed by atoms with Crippen molar-refractivity contribution in [1.29, 1.82) is 0 Å². The maximum Gasteiger partial charge on any atom is 0.192 e. The Morgan fingerprint density at radius 1 is 0.800 bits per heavy atom. The molecule has 0 fully saturated rings. The lowest BCUT2D eigenvalue weighted by molar-refractivity contribution is 0.00828. The van der Waals surface area contributed by atoms with Crippen molar-refractivity contribution in [3.63, 3.8) is 0 Å². The topological polar surface area (TPSA) is 38.7 Å². The molecule has 0 aliphatic rings. The molecule has 1 N–H and O–H groups in total. The van der Waals surface area contributed by atoms with E-state index in [0.717, 1.165) is 0 Å². The molecule has 0 saturated heterocycles. The Morgan fingerprint density at radius 2 is 1.23 bits per heavy atom. The van der Waals surface area contributed by atoms with E-state index in [4.69, 9.17) is 8.85 Å². The molecule has 0 spiro atoms. The van der Waals surface area contributed by atoms with Gasteiger partial charge in [0.1, 0.15) is 14.2 Å². The zero-order valence-electron chi connectivity index (χ0n) is 22.8. The molecule has 0 heterocycles. The molecule has 178 valence electrons. The molecule has 0 rings (SSSR count). The third-order valence-electron chi connectivity index (χ3n) is 6.92. The molecule has 0 amide bonds. The largest absolute Gasteiger partial charge is 0.416 e. The van der Waals surface area contributed by atoms with E-state index in [9.17, 15) is 5.11 Å². The molecule has 0 aromatic heterocycles. The second-order valence-corrected chi connectivity index (χ2v) is 27.5. The minimum absolute atomic E-state index is 0.0685. The van der Waals surface area contributed by atoms with Crippen LogP contribution in [0.15, 0.2) is 0 Å². The van der Waals surface area contributed by atoms with Gasteiger partial charge in [0.15, 0.2) is 16.6 Å². The SMILES string of the molecule is C[C@@H]([C@@H](O[Si](C)(C)C(C)(C)C)[C@@H](C)CO[Si](C)(C)C(C)(C)C)[C@H](O)C#C[Si](C)(C)C. The molecule has 4 atom stereocenters. The van der Waals surface area contributed by atoms with Crippen LogP contribution < -0.4 is 0 Å². The first-order valence-electron chi connectivity index (χ1n) is 11.5. The summed E-state index contributed by atoms with van der Waals surface area (Å²) in [6.45, 7) is 34.3. The van der Waals surface area contributed by atoms with E-state index in [2.05, 4.69) is 113 Å². The Hall–Kier alpha value is 0.0906. The van der Waals surface area contributed by atoms with Gasteiger partial charge in [0, 0.05) is 18.4 Å². The van der Waals surface area contributed by atoms with Crippen molar-refractivity contribution in [2.75, 3.05) is 6.61 Å². The van der Waals surface area contributed by atoms with Crippen LogP contribution in [0.3, 0.4) is 0 Å². The third kappa shape index (κ3) is 9.30. The normalized spacial score (nSPS) is 18.3.